The van der Waals surface area contributed by atoms with Crippen LogP contribution >= 0.6 is 0 Å². The highest BCUT2D eigenvalue weighted by Gasteiger charge is 2.36. The number of hydrogen-bond donors (Lipinski definition) is 0. The van der Waals surface area contributed by atoms with Gasteiger partial charge >= 0.3 is 0 Å². The van der Waals surface area contributed by atoms with Gasteiger partial charge in [0.25, 0.3) is 0 Å². The molecule has 0 atom stereocenters. The van der Waals surface area contributed by atoms with Gasteiger partial charge in [0.15, 0.2) is 0 Å². The monoisotopic (exact) mass is 276 g/mol. The van der Waals surface area contributed by atoms with Gasteiger partial charge < -0.3 is 9.80 Å². The van der Waals surface area contributed by atoms with Crippen molar-refractivity contribution in [3.8, 4) is 0 Å². The number of rotatable bonds is 3. The van der Waals surface area contributed by atoms with Gasteiger partial charge in [-0.3, -0.25) is 9.59 Å². The van der Waals surface area contributed by atoms with Crippen molar-refractivity contribution >= 4 is 11.8 Å². The Hall–Kier alpha value is -1.91. The molecule has 0 bridgehead atoms. The minimum absolute atomic E-state index is 0.0337. The lowest BCUT2D eigenvalue weighted by atomic mass is 10.1. The number of piperazine rings is 1. The molecule has 1 heterocycles. The number of halogens is 1. The smallest absolute Gasteiger partial charge is 0.242 e. The highest BCUT2D eigenvalue weighted by molar-refractivity contribution is 5.87. The predicted molar refractivity (Wildman–Crippen MR) is 71.4 cm³/mol. The molecule has 0 radical (unpaired) electrons. The molecule has 2 fully saturated rings. The van der Waals surface area contributed by atoms with Crippen LogP contribution in [0.5, 0.6) is 0 Å². The molecular weight excluding hydrogens is 259 g/mol. The molecule has 1 aliphatic heterocycles. The lowest BCUT2D eigenvalue weighted by Gasteiger charge is -2.34. The quantitative estimate of drug-likeness (QED) is 0.832. The molecule has 20 heavy (non-hydrogen) atoms. The molecule has 2 amide bonds. The van der Waals surface area contributed by atoms with Crippen molar-refractivity contribution in [2.75, 3.05) is 19.6 Å². The lowest BCUT2D eigenvalue weighted by molar-refractivity contribution is -0.145. The Morgan fingerprint density at radius 3 is 2.75 bits per heavy atom. The summed E-state index contributed by atoms with van der Waals surface area (Å²) in [5, 5.41) is 0. The fourth-order valence-corrected chi connectivity index (χ4v) is 2.60. The highest BCUT2D eigenvalue weighted by Crippen LogP contribution is 2.28. The van der Waals surface area contributed by atoms with E-state index in [1.54, 1.807) is 17.0 Å². The fourth-order valence-electron chi connectivity index (χ4n) is 2.60. The summed E-state index contributed by atoms with van der Waals surface area (Å²) in [4.78, 5) is 27.6. The Labute approximate surface area is 117 Å². The second-order valence-corrected chi connectivity index (χ2v) is 5.44. The number of carbonyl (C=O) groups excluding carboxylic acids is 2. The van der Waals surface area contributed by atoms with Crippen LogP contribution in [0.3, 0.4) is 0 Å². The summed E-state index contributed by atoms with van der Waals surface area (Å²) < 4.78 is 13.1. The first-order valence-electron chi connectivity index (χ1n) is 6.95. The molecule has 1 saturated carbocycles. The van der Waals surface area contributed by atoms with Crippen LogP contribution in [0, 0.1) is 5.82 Å². The Kier molecular flexibility index (Phi) is 3.42. The van der Waals surface area contributed by atoms with Gasteiger partial charge in [-0.1, -0.05) is 12.1 Å². The molecule has 4 nitrogen and oxygen atoms in total. The van der Waals surface area contributed by atoms with Crippen molar-refractivity contribution in [1.82, 2.24) is 9.80 Å². The summed E-state index contributed by atoms with van der Waals surface area (Å²) >= 11 is 0. The van der Waals surface area contributed by atoms with E-state index >= 15 is 0 Å². The van der Waals surface area contributed by atoms with Crippen LogP contribution < -0.4 is 0 Å². The second-order valence-electron chi connectivity index (χ2n) is 5.44. The number of carbonyl (C=O) groups is 2. The molecule has 1 saturated heterocycles. The Bertz CT molecular complexity index is 542. The summed E-state index contributed by atoms with van der Waals surface area (Å²) in [7, 11) is 0. The third-order valence-electron chi connectivity index (χ3n) is 3.84. The molecular formula is C15H17FN2O2. The minimum atomic E-state index is -0.343. The predicted octanol–water partition coefficient (Wildman–Crippen LogP) is 1.20. The standard InChI is InChI=1S/C15H17FN2O2/c16-12-3-1-2-11(8-12)9-14(19)17-6-7-18(13-4-5-13)15(20)10-17/h1-3,8,13H,4-7,9-10H2. The van der Waals surface area contributed by atoms with Gasteiger partial charge in [-0.05, 0) is 30.5 Å². The zero-order chi connectivity index (χ0) is 14.1. The van der Waals surface area contributed by atoms with Crippen LogP contribution in [0.15, 0.2) is 24.3 Å². The summed E-state index contributed by atoms with van der Waals surface area (Å²) in [6.45, 7) is 1.36. The number of benzene rings is 1. The zero-order valence-corrected chi connectivity index (χ0v) is 11.2. The lowest BCUT2D eigenvalue weighted by Crippen LogP contribution is -2.53. The Balaban J connectivity index is 1.59. The van der Waals surface area contributed by atoms with Crippen LogP contribution in [-0.4, -0.2) is 47.3 Å². The van der Waals surface area contributed by atoms with E-state index < -0.39 is 0 Å². The molecule has 1 aromatic carbocycles. The summed E-state index contributed by atoms with van der Waals surface area (Å²) in [6.07, 6.45) is 2.32. The van der Waals surface area contributed by atoms with Crippen LogP contribution in [0.1, 0.15) is 18.4 Å². The normalized spacial score (nSPS) is 19.4. The molecule has 1 aliphatic carbocycles. The average molecular weight is 276 g/mol. The number of nitrogens with zero attached hydrogens (tertiary/aromatic N) is 2. The Morgan fingerprint density at radius 2 is 2.10 bits per heavy atom. The molecule has 3 rings (SSSR count). The van der Waals surface area contributed by atoms with Crippen molar-refractivity contribution in [2.24, 2.45) is 0 Å². The van der Waals surface area contributed by atoms with E-state index in [0.717, 1.165) is 12.8 Å². The number of hydrogen-bond acceptors (Lipinski definition) is 2. The van der Waals surface area contributed by atoms with Crippen LogP contribution in [-0.2, 0) is 16.0 Å². The van der Waals surface area contributed by atoms with Crippen LogP contribution in [0.4, 0.5) is 4.39 Å². The van der Waals surface area contributed by atoms with Crippen molar-refractivity contribution in [3.63, 3.8) is 0 Å². The highest BCUT2D eigenvalue weighted by atomic mass is 19.1. The van der Waals surface area contributed by atoms with Crippen LogP contribution in [0.25, 0.3) is 0 Å². The summed E-state index contributed by atoms with van der Waals surface area (Å²) in [5.74, 6) is -0.421. The van der Waals surface area contributed by atoms with Gasteiger partial charge in [-0.2, -0.15) is 0 Å². The topological polar surface area (TPSA) is 40.6 Å². The van der Waals surface area contributed by atoms with E-state index in [1.165, 1.54) is 12.1 Å². The van der Waals surface area contributed by atoms with Gasteiger partial charge in [0.1, 0.15) is 5.82 Å². The molecule has 106 valence electrons. The van der Waals surface area contributed by atoms with Crippen molar-refractivity contribution in [3.05, 3.63) is 35.6 Å². The van der Waals surface area contributed by atoms with Crippen LogP contribution in [0.2, 0.25) is 0 Å². The molecule has 0 spiro atoms. The minimum Gasteiger partial charge on any atom is -0.336 e. The first-order chi connectivity index (χ1) is 9.63. The van der Waals surface area contributed by atoms with E-state index in [-0.39, 0.29) is 30.6 Å². The van der Waals surface area contributed by atoms with E-state index in [9.17, 15) is 14.0 Å². The maximum absolute atomic E-state index is 13.1. The number of amides is 2. The first kappa shape index (κ1) is 13.1. The average Bonchev–Trinajstić information content (AvgIpc) is 3.23. The third kappa shape index (κ3) is 2.81. The first-order valence-corrected chi connectivity index (χ1v) is 6.95. The van der Waals surface area contributed by atoms with Gasteiger partial charge in [-0.25, -0.2) is 4.39 Å². The zero-order valence-electron chi connectivity index (χ0n) is 11.2. The van der Waals surface area contributed by atoms with E-state index in [1.807, 2.05) is 4.90 Å². The SMILES string of the molecule is O=C(Cc1cccc(F)c1)N1CCN(C2CC2)C(=O)C1. The van der Waals surface area contributed by atoms with E-state index in [0.29, 0.717) is 24.7 Å². The van der Waals surface area contributed by atoms with Gasteiger partial charge in [0.05, 0.1) is 13.0 Å². The second kappa shape index (κ2) is 5.23. The van der Waals surface area contributed by atoms with E-state index in [4.69, 9.17) is 0 Å². The van der Waals surface area contributed by atoms with Crippen molar-refractivity contribution in [1.29, 1.82) is 0 Å². The largest absolute Gasteiger partial charge is 0.336 e. The fraction of sp³-hybridized carbons (Fsp3) is 0.467. The molecule has 5 heteroatoms. The third-order valence-corrected chi connectivity index (χ3v) is 3.84. The maximum atomic E-state index is 13.1. The summed E-state index contributed by atoms with van der Waals surface area (Å²) in [5.41, 5.74) is 0.645. The molecule has 0 aromatic heterocycles. The molecule has 0 unspecified atom stereocenters. The van der Waals surface area contributed by atoms with Crippen molar-refractivity contribution in [2.45, 2.75) is 25.3 Å². The molecule has 0 N–H and O–H groups in total. The summed E-state index contributed by atoms with van der Waals surface area (Å²) in [6, 6.07) is 6.44. The van der Waals surface area contributed by atoms with Gasteiger partial charge in [-0.15, -0.1) is 0 Å². The van der Waals surface area contributed by atoms with Crippen molar-refractivity contribution < 1.29 is 14.0 Å². The molecule has 1 aromatic rings. The van der Waals surface area contributed by atoms with Gasteiger partial charge in [0.2, 0.25) is 11.8 Å². The van der Waals surface area contributed by atoms with E-state index in [2.05, 4.69) is 0 Å². The Morgan fingerprint density at radius 1 is 1.30 bits per heavy atom. The maximum Gasteiger partial charge on any atom is 0.242 e. The van der Waals surface area contributed by atoms with Gasteiger partial charge in [0, 0.05) is 19.1 Å². The molecule has 2 aliphatic rings.